The van der Waals surface area contributed by atoms with Crippen molar-refractivity contribution in [2.75, 3.05) is 52.4 Å². The second-order valence-corrected chi connectivity index (χ2v) is 11.4. The van der Waals surface area contributed by atoms with E-state index in [2.05, 4.69) is 74.1 Å². The Morgan fingerprint density at radius 1 is 0.379 bits per heavy atom. The van der Waals surface area contributed by atoms with Crippen molar-refractivity contribution >= 4 is 7.87 Å². The first-order valence-corrected chi connectivity index (χ1v) is 14.6. The van der Waals surface area contributed by atoms with E-state index in [4.69, 9.17) is 0 Å². The molecule has 0 amide bonds. The quantitative estimate of drug-likeness (QED) is 0.150. The van der Waals surface area contributed by atoms with Crippen molar-refractivity contribution < 1.29 is 0 Å². The normalized spacial score (nSPS) is 12.8. The molecule has 0 spiro atoms. The Kier molecular flexibility index (Phi) is 18.1. The highest BCUT2D eigenvalue weighted by Gasteiger charge is 2.58. The lowest BCUT2D eigenvalue weighted by Gasteiger charge is -2.50. The van der Waals surface area contributed by atoms with Crippen LogP contribution < -0.4 is 0 Å². The Morgan fingerprint density at radius 2 is 0.690 bits per heavy atom. The van der Waals surface area contributed by atoms with E-state index in [-0.39, 0.29) is 0 Å². The zero-order chi connectivity index (χ0) is 22.1. The van der Waals surface area contributed by atoms with E-state index in [0.29, 0.717) is 0 Å². The maximum atomic E-state index is 2.98. The smallest absolute Gasteiger partial charge is 0.134 e. The molecule has 0 aromatic carbocycles. The molecule has 0 saturated carbocycles. The molecule has 0 aliphatic heterocycles. The molecule has 0 aromatic heterocycles. The van der Waals surface area contributed by atoms with Crippen LogP contribution in [0.1, 0.15) is 107 Å². The van der Waals surface area contributed by atoms with Gasteiger partial charge in [0.2, 0.25) is 0 Å². The number of rotatable bonds is 20. The lowest BCUT2D eigenvalue weighted by molar-refractivity contribution is 0.249. The average molecular weight is 432 g/mol. The van der Waals surface area contributed by atoms with Crippen LogP contribution in [0.25, 0.3) is 0 Å². The highest BCUT2D eigenvalue weighted by atomic mass is 31.2. The fraction of sp³-hybridized carbons (Fsp3) is 1.00. The van der Waals surface area contributed by atoms with Crippen LogP contribution in [-0.4, -0.2) is 71.0 Å². The third-order valence-electron chi connectivity index (χ3n) is 6.25. The van der Waals surface area contributed by atoms with Crippen molar-refractivity contribution in [3.05, 3.63) is 0 Å². The SMILES string of the molecule is CCCCCCN(CCCCCC)[P+](N(CC)CC)(N(CC)CC)N(CC)CC. The molecule has 0 unspecified atom stereocenters. The zero-order valence-corrected chi connectivity index (χ0v) is 22.4. The van der Waals surface area contributed by atoms with E-state index in [9.17, 15) is 0 Å². The summed E-state index contributed by atoms with van der Waals surface area (Å²) in [4.78, 5) is 0. The van der Waals surface area contributed by atoms with Gasteiger partial charge in [0.05, 0.1) is 0 Å². The molecule has 0 atom stereocenters. The highest BCUT2D eigenvalue weighted by molar-refractivity contribution is 7.66. The Bertz CT molecular complexity index is 312. The van der Waals surface area contributed by atoms with E-state index in [0.717, 1.165) is 39.3 Å². The van der Waals surface area contributed by atoms with Crippen LogP contribution >= 0.6 is 7.87 Å². The summed E-state index contributed by atoms with van der Waals surface area (Å²) in [6.07, 6.45) is 10.8. The second-order valence-electron chi connectivity index (χ2n) is 8.03. The maximum Gasteiger partial charge on any atom is 0.308 e. The first-order chi connectivity index (χ1) is 14.1. The summed E-state index contributed by atoms with van der Waals surface area (Å²) >= 11 is 0. The topological polar surface area (TPSA) is 13.0 Å². The molecule has 0 N–H and O–H groups in total. The van der Waals surface area contributed by atoms with Crippen molar-refractivity contribution in [3.8, 4) is 0 Å². The predicted molar refractivity (Wildman–Crippen MR) is 136 cm³/mol. The third kappa shape index (κ3) is 8.37. The zero-order valence-electron chi connectivity index (χ0n) is 21.5. The standard InChI is InChI=1S/C24H56N4P/c1-9-17-19-21-23-28(24-22-20-18-10-2)29(25(11-3)12-4,26(13-5)14-6)27(15-7)16-8/h9-24H2,1-8H3/q+1. The Labute approximate surface area is 185 Å². The summed E-state index contributed by atoms with van der Waals surface area (Å²) in [5.74, 6) is 0. The minimum atomic E-state index is -1.70. The molecule has 29 heavy (non-hydrogen) atoms. The minimum Gasteiger partial charge on any atom is -0.134 e. The van der Waals surface area contributed by atoms with Gasteiger partial charge in [-0.25, -0.2) is 0 Å². The van der Waals surface area contributed by atoms with E-state index >= 15 is 0 Å². The summed E-state index contributed by atoms with van der Waals surface area (Å²) in [7, 11) is -1.70. The first kappa shape index (κ1) is 29.3. The number of hydrogen-bond acceptors (Lipinski definition) is 4. The summed E-state index contributed by atoms with van der Waals surface area (Å²) < 4.78 is 11.5. The molecule has 176 valence electrons. The van der Waals surface area contributed by atoms with Gasteiger partial charge in [-0.15, -0.1) is 18.7 Å². The van der Waals surface area contributed by atoms with Gasteiger partial charge in [-0.05, 0) is 54.4 Å². The van der Waals surface area contributed by atoms with Gasteiger partial charge in [-0.2, -0.15) is 0 Å². The Morgan fingerprint density at radius 3 is 0.931 bits per heavy atom. The van der Waals surface area contributed by atoms with Gasteiger partial charge in [-0.3, -0.25) is 0 Å². The van der Waals surface area contributed by atoms with Gasteiger partial charge in [0.15, 0.2) is 0 Å². The monoisotopic (exact) mass is 431 g/mol. The molecule has 5 heteroatoms. The largest absolute Gasteiger partial charge is 0.308 e. The number of nitrogens with zero attached hydrogens (tertiary/aromatic N) is 4. The number of hydrogen-bond donors (Lipinski definition) is 0. The third-order valence-corrected chi connectivity index (χ3v) is 11.4. The van der Waals surface area contributed by atoms with E-state index in [1.165, 1.54) is 64.5 Å². The van der Waals surface area contributed by atoms with Gasteiger partial charge in [-0.1, -0.05) is 52.4 Å². The van der Waals surface area contributed by atoms with Crippen molar-refractivity contribution in [1.82, 2.24) is 18.7 Å². The van der Waals surface area contributed by atoms with Gasteiger partial charge in [0.1, 0.15) is 0 Å². The van der Waals surface area contributed by atoms with Gasteiger partial charge in [0, 0.05) is 52.4 Å². The molecule has 0 radical (unpaired) electrons. The molecule has 0 fully saturated rings. The minimum absolute atomic E-state index is 1.14. The van der Waals surface area contributed by atoms with E-state index in [1.807, 2.05) is 0 Å². The molecule has 0 bridgehead atoms. The molecule has 0 aliphatic rings. The van der Waals surface area contributed by atoms with E-state index in [1.54, 1.807) is 0 Å². The first-order valence-electron chi connectivity index (χ1n) is 13.0. The summed E-state index contributed by atoms with van der Waals surface area (Å²) in [6.45, 7) is 28.2. The lowest BCUT2D eigenvalue weighted by Crippen LogP contribution is -2.53. The molecule has 0 aliphatic carbocycles. The second kappa shape index (κ2) is 17.9. The lowest BCUT2D eigenvalue weighted by atomic mass is 10.2. The molecule has 0 heterocycles. The maximum absolute atomic E-state index is 2.98. The molecule has 0 aromatic rings. The molecular formula is C24H56N4P+. The van der Waals surface area contributed by atoms with Crippen LogP contribution in [-0.2, 0) is 0 Å². The summed E-state index contributed by atoms with van der Waals surface area (Å²) in [5.41, 5.74) is 0. The van der Waals surface area contributed by atoms with Crippen LogP contribution in [0.2, 0.25) is 0 Å². The van der Waals surface area contributed by atoms with Crippen LogP contribution in [0.5, 0.6) is 0 Å². The van der Waals surface area contributed by atoms with Crippen molar-refractivity contribution in [1.29, 1.82) is 0 Å². The summed E-state index contributed by atoms with van der Waals surface area (Å²) in [6, 6.07) is 0. The molecular weight excluding hydrogens is 375 g/mol. The predicted octanol–water partition coefficient (Wildman–Crippen LogP) is 7.15. The van der Waals surface area contributed by atoms with Crippen LogP contribution in [0, 0.1) is 0 Å². The molecule has 0 saturated heterocycles. The fourth-order valence-electron chi connectivity index (χ4n) is 4.70. The van der Waals surface area contributed by atoms with Crippen molar-refractivity contribution in [2.45, 2.75) is 107 Å². The Balaban J connectivity index is 6.13. The fourth-order valence-corrected chi connectivity index (χ4v) is 9.95. The summed E-state index contributed by atoms with van der Waals surface area (Å²) in [5, 5.41) is 0. The highest BCUT2D eigenvalue weighted by Crippen LogP contribution is 2.69. The molecule has 0 rings (SSSR count). The van der Waals surface area contributed by atoms with Crippen molar-refractivity contribution in [3.63, 3.8) is 0 Å². The van der Waals surface area contributed by atoms with Crippen molar-refractivity contribution in [2.24, 2.45) is 0 Å². The van der Waals surface area contributed by atoms with Gasteiger partial charge in [0.25, 0.3) is 0 Å². The molecule has 4 nitrogen and oxygen atoms in total. The van der Waals surface area contributed by atoms with Crippen LogP contribution in [0.4, 0.5) is 0 Å². The van der Waals surface area contributed by atoms with Gasteiger partial charge >= 0.3 is 7.87 Å². The van der Waals surface area contributed by atoms with Crippen LogP contribution in [0.15, 0.2) is 0 Å². The van der Waals surface area contributed by atoms with Gasteiger partial charge < -0.3 is 0 Å². The Hall–Kier alpha value is 0.270. The number of unbranched alkanes of at least 4 members (excludes halogenated alkanes) is 6. The average Bonchev–Trinajstić information content (AvgIpc) is 2.74. The van der Waals surface area contributed by atoms with Crippen LogP contribution in [0.3, 0.4) is 0 Å². The van der Waals surface area contributed by atoms with E-state index < -0.39 is 7.87 Å².